The molecular formula is C29H29F2NO3. The molecule has 0 amide bonds. The van der Waals surface area contributed by atoms with E-state index in [-0.39, 0.29) is 35.8 Å². The highest BCUT2D eigenvalue weighted by Gasteiger charge is 2.51. The van der Waals surface area contributed by atoms with Crippen LogP contribution >= 0.6 is 0 Å². The van der Waals surface area contributed by atoms with Crippen LogP contribution in [0.5, 0.6) is 0 Å². The topological polar surface area (TPSA) is 38.8 Å². The van der Waals surface area contributed by atoms with E-state index < -0.39 is 12.0 Å². The lowest BCUT2D eigenvalue weighted by atomic mass is 9.86. The van der Waals surface area contributed by atoms with Crippen LogP contribution in [0.3, 0.4) is 0 Å². The molecule has 2 aliphatic heterocycles. The Balaban J connectivity index is 1.45. The van der Waals surface area contributed by atoms with Crippen molar-refractivity contribution >= 4 is 5.97 Å². The van der Waals surface area contributed by atoms with Crippen molar-refractivity contribution in [3.8, 4) is 0 Å². The number of carbonyl (C=O) groups excluding carboxylic acids is 1. The second kappa shape index (κ2) is 10.3. The maximum atomic E-state index is 13.7. The first-order valence-corrected chi connectivity index (χ1v) is 12.1. The summed E-state index contributed by atoms with van der Waals surface area (Å²) in [6, 6.07) is 22.8. The summed E-state index contributed by atoms with van der Waals surface area (Å²) in [5.74, 6) is -1.42. The monoisotopic (exact) mass is 477 g/mol. The fourth-order valence-electron chi connectivity index (χ4n) is 5.69. The minimum Gasteiger partial charge on any atom is -0.469 e. The van der Waals surface area contributed by atoms with Gasteiger partial charge in [0.15, 0.2) is 0 Å². The van der Waals surface area contributed by atoms with Crippen molar-refractivity contribution in [3.05, 3.63) is 107 Å². The maximum absolute atomic E-state index is 13.7. The molecule has 3 aromatic carbocycles. The molecule has 0 aliphatic carbocycles. The van der Waals surface area contributed by atoms with Crippen molar-refractivity contribution in [2.24, 2.45) is 5.92 Å². The van der Waals surface area contributed by atoms with E-state index in [2.05, 4.69) is 17.0 Å². The third-order valence-corrected chi connectivity index (χ3v) is 7.35. The van der Waals surface area contributed by atoms with E-state index in [1.165, 1.54) is 36.9 Å². The normalized spacial score (nSPS) is 24.0. The van der Waals surface area contributed by atoms with Gasteiger partial charge in [0.1, 0.15) is 17.7 Å². The third kappa shape index (κ3) is 5.00. The van der Waals surface area contributed by atoms with Crippen LogP contribution in [-0.2, 0) is 20.8 Å². The molecule has 0 saturated carbocycles. The standard InChI is InChI=1S/C29H29F2NO3/c1-34-29(33)27-25-16-15-24(32(25)18-19-5-3-2-4-6-19)17-26(27)35-28(20-7-11-22(30)12-8-20)21-9-13-23(31)14-10-21/h2-14,24-28H,15-18H2,1H3/t24-,25+,26+,27-/m1/s1. The number of benzene rings is 3. The Morgan fingerprint density at radius 3 is 2.09 bits per heavy atom. The number of esters is 1. The van der Waals surface area contributed by atoms with Gasteiger partial charge in [-0.05, 0) is 60.2 Å². The van der Waals surface area contributed by atoms with Gasteiger partial charge in [0.2, 0.25) is 0 Å². The Morgan fingerprint density at radius 1 is 0.914 bits per heavy atom. The van der Waals surface area contributed by atoms with Gasteiger partial charge in [-0.2, -0.15) is 0 Å². The first kappa shape index (κ1) is 23.6. The second-order valence-corrected chi connectivity index (χ2v) is 9.40. The van der Waals surface area contributed by atoms with Crippen LogP contribution in [0.15, 0.2) is 78.9 Å². The molecule has 0 aromatic heterocycles. The molecule has 4 atom stereocenters. The quantitative estimate of drug-likeness (QED) is 0.412. The molecule has 2 aliphatic rings. The highest BCUT2D eigenvalue weighted by atomic mass is 19.1. The third-order valence-electron chi connectivity index (χ3n) is 7.35. The van der Waals surface area contributed by atoms with Crippen LogP contribution in [0.4, 0.5) is 8.78 Å². The van der Waals surface area contributed by atoms with Crippen molar-refractivity contribution in [2.45, 2.75) is 50.1 Å². The van der Waals surface area contributed by atoms with Gasteiger partial charge >= 0.3 is 5.97 Å². The average molecular weight is 478 g/mol. The Labute approximate surface area is 204 Å². The SMILES string of the molecule is COC(=O)[C@H]1[C@@H](OC(c2ccc(F)cc2)c2ccc(F)cc2)C[C@H]2CC[C@@H]1N2Cc1ccccc1. The molecule has 0 spiro atoms. The molecule has 2 fully saturated rings. The van der Waals surface area contributed by atoms with E-state index in [9.17, 15) is 13.6 Å². The van der Waals surface area contributed by atoms with E-state index >= 15 is 0 Å². The fourth-order valence-corrected chi connectivity index (χ4v) is 5.69. The second-order valence-electron chi connectivity index (χ2n) is 9.40. The van der Waals surface area contributed by atoms with E-state index in [1.54, 1.807) is 24.3 Å². The fraction of sp³-hybridized carbons (Fsp3) is 0.345. The largest absolute Gasteiger partial charge is 0.469 e. The predicted molar refractivity (Wildman–Crippen MR) is 128 cm³/mol. The number of halogens is 2. The summed E-state index contributed by atoms with van der Waals surface area (Å²) in [6.45, 7) is 0.774. The number of carbonyl (C=O) groups is 1. The Kier molecular flexibility index (Phi) is 6.93. The molecule has 5 rings (SSSR count). The van der Waals surface area contributed by atoms with Crippen LogP contribution in [0.25, 0.3) is 0 Å². The van der Waals surface area contributed by atoms with Crippen LogP contribution in [0.1, 0.15) is 42.1 Å². The van der Waals surface area contributed by atoms with Gasteiger partial charge < -0.3 is 9.47 Å². The number of hydrogen-bond donors (Lipinski definition) is 0. The Hall–Kier alpha value is -3.09. The zero-order valence-electron chi connectivity index (χ0n) is 19.6. The van der Waals surface area contributed by atoms with Crippen molar-refractivity contribution in [1.82, 2.24) is 4.90 Å². The van der Waals surface area contributed by atoms with Crippen molar-refractivity contribution < 1.29 is 23.0 Å². The Morgan fingerprint density at radius 2 is 1.51 bits per heavy atom. The van der Waals surface area contributed by atoms with E-state index in [1.807, 2.05) is 18.2 Å². The van der Waals surface area contributed by atoms with Crippen LogP contribution in [0, 0.1) is 17.6 Å². The molecule has 35 heavy (non-hydrogen) atoms. The minimum atomic E-state index is -0.562. The lowest BCUT2D eigenvalue weighted by Gasteiger charge is -2.44. The molecule has 4 nitrogen and oxygen atoms in total. The number of piperidine rings is 1. The highest BCUT2D eigenvalue weighted by molar-refractivity contribution is 5.74. The first-order valence-electron chi connectivity index (χ1n) is 12.1. The van der Waals surface area contributed by atoms with Crippen LogP contribution in [0.2, 0.25) is 0 Å². The molecule has 6 heteroatoms. The molecular weight excluding hydrogens is 448 g/mol. The number of ether oxygens (including phenoxy) is 2. The minimum absolute atomic E-state index is 0.00786. The maximum Gasteiger partial charge on any atom is 0.312 e. The lowest BCUT2D eigenvalue weighted by Crippen LogP contribution is -2.54. The van der Waals surface area contributed by atoms with Crippen LogP contribution < -0.4 is 0 Å². The van der Waals surface area contributed by atoms with E-state index in [0.717, 1.165) is 30.5 Å². The summed E-state index contributed by atoms with van der Waals surface area (Å²) >= 11 is 0. The van der Waals surface area contributed by atoms with Gasteiger partial charge in [-0.15, -0.1) is 0 Å². The summed E-state index contributed by atoms with van der Waals surface area (Å²) < 4.78 is 39.2. The van der Waals surface area contributed by atoms with E-state index in [0.29, 0.717) is 6.42 Å². The first-order chi connectivity index (χ1) is 17.0. The lowest BCUT2D eigenvalue weighted by molar-refractivity contribution is -0.163. The molecule has 0 radical (unpaired) electrons. The van der Waals surface area contributed by atoms with Gasteiger partial charge in [0.05, 0.1) is 19.1 Å². The van der Waals surface area contributed by atoms with Crippen molar-refractivity contribution in [1.29, 1.82) is 0 Å². The van der Waals surface area contributed by atoms with E-state index in [4.69, 9.17) is 9.47 Å². The van der Waals surface area contributed by atoms with Crippen molar-refractivity contribution in [3.63, 3.8) is 0 Å². The van der Waals surface area contributed by atoms with Gasteiger partial charge in [0.25, 0.3) is 0 Å². The molecule has 182 valence electrons. The van der Waals surface area contributed by atoms with Crippen LogP contribution in [-0.4, -0.2) is 36.2 Å². The summed E-state index contributed by atoms with van der Waals surface area (Å²) in [4.78, 5) is 15.5. The van der Waals surface area contributed by atoms with Gasteiger partial charge in [-0.3, -0.25) is 9.69 Å². The number of nitrogens with zero attached hydrogens (tertiary/aromatic N) is 1. The van der Waals surface area contributed by atoms with Crippen molar-refractivity contribution in [2.75, 3.05) is 7.11 Å². The van der Waals surface area contributed by atoms with Gasteiger partial charge in [-0.25, -0.2) is 8.78 Å². The zero-order chi connectivity index (χ0) is 24.4. The highest BCUT2D eigenvalue weighted by Crippen LogP contribution is 2.44. The number of rotatable bonds is 7. The average Bonchev–Trinajstić information content (AvgIpc) is 3.14. The Bertz CT molecular complexity index is 1090. The molecule has 2 saturated heterocycles. The van der Waals surface area contributed by atoms with Gasteiger partial charge in [0, 0.05) is 18.6 Å². The van der Waals surface area contributed by atoms with Gasteiger partial charge in [-0.1, -0.05) is 54.6 Å². The summed E-state index contributed by atoms with van der Waals surface area (Å²) in [7, 11) is 1.42. The molecule has 3 aromatic rings. The summed E-state index contributed by atoms with van der Waals surface area (Å²) in [5.41, 5.74) is 2.71. The molecule has 0 unspecified atom stereocenters. The number of methoxy groups -OCH3 is 1. The molecule has 2 bridgehead atoms. The smallest absolute Gasteiger partial charge is 0.312 e. The molecule has 0 N–H and O–H groups in total. The predicted octanol–water partition coefficient (Wildman–Crippen LogP) is 5.67. The number of hydrogen-bond acceptors (Lipinski definition) is 4. The zero-order valence-corrected chi connectivity index (χ0v) is 19.6. The summed E-state index contributed by atoms with van der Waals surface area (Å²) in [5, 5.41) is 0. The summed E-state index contributed by atoms with van der Waals surface area (Å²) in [6.07, 6.45) is 1.62. The number of fused-ring (bicyclic) bond motifs is 2. The molecule has 2 heterocycles.